The Labute approximate surface area is 174 Å². The number of aromatic nitrogens is 2. The van der Waals surface area contributed by atoms with E-state index in [0.29, 0.717) is 32.0 Å². The average molecular weight is 420 g/mol. The maximum Gasteiger partial charge on any atom is 0.325 e. The monoisotopic (exact) mass is 420 g/mol. The SMILES string of the molecule is CCOC(=O)CNC(=O)N1CCCC2(CCc3c2nc(C2CC2)[nH]c3=O)C1.O=CO. The summed E-state index contributed by atoms with van der Waals surface area (Å²) < 4.78 is 4.85. The summed E-state index contributed by atoms with van der Waals surface area (Å²) >= 11 is 0. The highest BCUT2D eigenvalue weighted by atomic mass is 16.5. The number of likely N-dealkylation sites (tertiary alicyclic amines) is 1. The second-order valence-corrected chi connectivity index (χ2v) is 7.93. The van der Waals surface area contributed by atoms with Gasteiger partial charge in [0, 0.05) is 30.0 Å². The van der Waals surface area contributed by atoms with Gasteiger partial charge in [-0.3, -0.25) is 14.4 Å². The van der Waals surface area contributed by atoms with Gasteiger partial charge in [-0.05, 0) is 45.4 Å². The van der Waals surface area contributed by atoms with Crippen molar-refractivity contribution in [1.82, 2.24) is 20.2 Å². The van der Waals surface area contributed by atoms with Gasteiger partial charge in [0.15, 0.2) is 0 Å². The molecule has 1 unspecified atom stereocenters. The van der Waals surface area contributed by atoms with E-state index in [1.54, 1.807) is 11.8 Å². The summed E-state index contributed by atoms with van der Waals surface area (Å²) in [5, 5.41) is 9.53. The molecule has 4 rings (SSSR count). The molecule has 30 heavy (non-hydrogen) atoms. The van der Waals surface area contributed by atoms with Crippen LogP contribution in [0, 0.1) is 0 Å². The summed E-state index contributed by atoms with van der Waals surface area (Å²) in [6.07, 6.45) is 5.51. The average Bonchev–Trinajstić information content (AvgIpc) is 3.52. The van der Waals surface area contributed by atoms with Gasteiger partial charge in [-0.25, -0.2) is 9.78 Å². The predicted octanol–water partition coefficient (Wildman–Crippen LogP) is 0.901. The number of H-pyrrole nitrogens is 1. The number of carboxylic acid groups (broad SMARTS) is 1. The molecule has 10 heteroatoms. The van der Waals surface area contributed by atoms with Crippen LogP contribution in [0.3, 0.4) is 0 Å². The summed E-state index contributed by atoms with van der Waals surface area (Å²) in [5.41, 5.74) is 1.43. The maximum atomic E-state index is 12.5. The number of hydrogen-bond donors (Lipinski definition) is 3. The molecule has 1 aromatic heterocycles. The zero-order valence-corrected chi connectivity index (χ0v) is 17.1. The molecular formula is C20H28N4O6. The molecule has 3 N–H and O–H groups in total. The third kappa shape index (κ3) is 4.63. The van der Waals surface area contributed by atoms with Crippen LogP contribution in [0.2, 0.25) is 0 Å². The zero-order chi connectivity index (χ0) is 21.7. The van der Waals surface area contributed by atoms with Crippen molar-refractivity contribution >= 4 is 18.5 Å². The van der Waals surface area contributed by atoms with E-state index in [1.165, 1.54) is 0 Å². The standard InChI is InChI=1S/C19H26N4O4.CH2O2/c1-2-27-14(24)10-20-18(26)23-9-3-7-19(11-23)8-6-13-15(19)21-16(12-4-5-12)22-17(13)25;2-1-3/h12H,2-11H2,1H3,(H,20,26)(H,21,22,25);1H,(H,2,3). The number of aromatic amines is 1. The Kier molecular flexibility index (Phi) is 6.73. The molecule has 0 aromatic carbocycles. The lowest BCUT2D eigenvalue weighted by Crippen LogP contribution is -2.52. The number of nitrogens with one attached hydrogen (secondary N) is 2. The Balaban J connectivity index is 0.000000806. The number of piperidine rings is 1. The number of hydrogen-bond acceptors (Lipinski definition) is 6. The summed E-state index contributed by atoms with van der Waals surface area (Å²) in [5.74, 6) is 0.753. The minimum Gasteiger partial charge on any atom is -0.483 e. The van der Waals surface area contributed by atoms with Crippen LogP contribution in [-0.4, -0.2) is 64.7 Å². The normalized spacial score (nSPS) is 22.0. The Morgan fingerprint density at radius 3 is 2.80 bits per heavy atom. The third-order valence-electron chi connectivity index (χ3n) is 5.91. The smallest absolute Gasteiger partial charge is 0.325 e. The van der Waals surface area contributed by atoms with Gasteiger partial charge >= 0.3 is 12.0 Å². The second-order valence-electron chi connectivity index (χ2n) is 7.93. The van der Waals surface area contributed by atoms with Crippen LogP contribution in [0.5, 0.6) is 0 Å². The lowest BCUT2D eigenvalue weighted by atomic mass is 9.77. The molecule has 2 aliphatic carbocycles. The van der Waals surface area contributed by atoms with Gasteiger partial charge in [-0.15, -0.1) is 0 Å². The Morgan fingerprint density at radius 2 is 2.13 bits per heavy atom. The topological polar surface area (TPSA) is 142 Å². The van der Waals surface area contributed by atoms with Crippen LogP contribution >= 0.6 is 0 Å². The van der Waals surface area contributed by atoms with Crippen molar-refractivity contribution in [1.29, 1.82) is 0 Å². The van der Waals surface area contributed by atoms with Crippen molar-refractivity contribution in [3.63, 3.8) is 0 Å². The van der Waals surface area contributed by atoms with E-state index in [9.17, 15) is 14.4 Å². The highest BCUT2D eigenvalue weighted by Gasteiger charge is 2.46. The van der Waals surface area contributed by atoms with Gasteiger partial charge in [0.25, 0.3) is 12.0 Å². The molecule has 2 amide bonds. The number of nitrogens with zero attached hydrogens (tertiary/aromatic N) is 2. The van der Waals surface area contributed by atoms with E-state index in [2.05, 4.69) is 10.3 Å². The number of carbonyl (C=O) groups is 3. The van der Waals surface area contributed by atoms with E-state index in [0.717, 1.165) is 49.2 Å². The summed E-state index contributed by atoms with van der Waals surface area (Å²) in [6, 6.07) is -0.261. The molecule has 1 saturated carbocycles. The minimum absolute atomic E-state index is 0.0114. The van der Waals surface area contributed by atoms with Crippen LogP contribution in [0.1, 0.15) is 62.0 Å². The summed E-state index contributed by atoms with van der Waals surface area (Å²) in [7, 11) is 0. The molecule has 0 radical (unpaired) electrons. The molecule has 1 spiro atoms. The first kappa shape index (κ1) is 21.8. The molecule has 1 atom stereocenters. The van der Waals surface area contributed by atoms with Gasteiger partial charge in [0.2, 0.25) is 0 Å². The van der Waals surface area contributed by atoms with Crippen LogP contribution in [0.4, 0.5) is 4.79 Å². The molecule has 1 aromatic rings. The highest BCUT2D eigenvalue weighted by molar-refractivity contribution is 5.81. The molecule has 2 heterocycles. The molecule has 3 aliphatic rings. The van der Waals surface area contributed by atoms with E-state index in [4.69, 9.17) is 19.6 Å². The molecular weight excluding hydrogens is 392 g/mol. The first-order valence-electron chi connectivity index (χ1n) is 10.3. The maximum absolute atomic E-state index is 12.5. The van der Waals surface area contributed by atoms with Crippen LogP contribution < -0.4 is 10.9 Å². The van der Waals surface area contributed by atoms with E-state index >= 15 is 0 Å². The first-order chi connectivity index (χ1) is 14.4. The number of carbonyl (C=O) groups excluding carboxylic acids is 2. The molecule has 1 saturated heterocycles. The second kappa shape index (κ2) is 9.27. The van der Waals surface area contributed by atoms with Crippen molar-refractivity contribution in [3.05, 3.63) is 27.4 Å². The fourth-order valence-electron chi connectivity index (χ4n) is 4.39. The van der Waals surface area contributed by atoms with Crippen LogP contribution in [-0.2, 0) is 26.2 Å². The Morgan fingerprint density at radius 1 is 1.40 bits per heavy atom. The zero-order valence-electron chi connectivity index (χ0n) is 17.1. The van der Waals surface area contributed by atoms with Crippen molar-refractivity contribution in [2.75, 3.05) is 26.2 Å². The molecule has 0 bridgehead atoms. The fraction of sp³-hybridized carbons (Fsp3) is 0.650. The van der Waals surface area contributed by atoms with E-state index in [1.807, 2.05) is 0 Å². The largest absolute Gasteiger partial charge is 0.483 e. The van der Waals surface area contributed by atoms with Gasteiger partial charge in [-0.2, -0.15) is 0 Å². The Bertz CT molecular complexity index is 865. The van der Waals surface area contributed by atoms with Crippen molar-refractivity contribution < 1.29 is 24.2 Å². The van der Waals surface area contributed by atoms with E-state index in [-0.39, 0.29) is 30.0 Å². The third-order valence-corrected chi connectivity index (χ3v) is 5.91. The van der Waals surface area contributed by atoms with Crippen molar-refractivity contribution in [2.45, 2.75) is 56.8 Å². The van der Waals surface area contributed by atoms with Gasteiger partial charge in [-0.1, -0.05) is 0 Å². The van der Waals surface area contributed by atoms with Gasteiger partial charge < -0.3 is 25.0 Å². The number of rotatable bonds is 4. The number of urea groups is 1. The molecule has 164 valence electrons. The minimum atomic E-state index is -0.439. The van der Waals surface area contributed by atoms with Gasteiger partial charge in [0.05, 0.1) is 12.3 Å². The number of esters is 1. The quantitative estimate of drug-likeness (QED) is 0.485. The lowest BCUT2D eigenvalue weighted by molar-refractivity contribution is -0.141. The number of fused-ring (bicyclic) bond motifs is 2. The number of amides is 2. The molecule has 1 aliphatic heterocycles. The number of ether oxygens (including phenoxy) is 1. The highest BCUT2D eigenvalue weighted by Crippen LogP contribution is 2.44. The Hall–Kier alpha value is -2.91. The van der Waals surface area contributed by atoms with Crippen LogP contribution in [0.15, 0.2) is 4.79 Å². The molecule has 10 nitrogen and oxygen atoms in total. The first-order valence-corrected chi connectivity index (χ1v) is 10.3. The van der Waals surface area contributed by atoms with Crippen LogP contribution in [0.25, 0.3) is 0 Å². The molecule has 2 fully saturated rings. The van der Waals surface area contributed by atoms with Crippen molar-refractivity contribution in [2.24, 2.45) is 0 Å². The van der Waals surface area contributed by atoms with Gasteiger partial charge in [0.1, 0.15) is 12.4 Å². The summed E-state index contributed by atoms with van der Waals surface area (Å²) in [6.45, 7) is 2.83. The summed E-state index contributed by atoms with van der Waals surface area (Å²) in [4.78, 5) is 54.4. The van der Waals surface area contributed by atoms with Crippen molar-refractivity contribution in [3.8, 4) is 0 Å². The lowest BCUT2D eigenvalue weighted by Gasteiger charge is -2.40. The van der Waals surface area contributed by atoms with E-state index < -0.39 is 5.97 Å². The fourth-order valence-corrected chi connectivity index (χ4v) is 4.39. The predicted molar refractivity (Wildman–Crippen MR) is 106 cm³/mol.